The topological polar surface area (TPSA) is 34.1 Å². The van der Waals surface area contributed by atoms with E-state index in [-0.39, 0.29) is 22.1 Å². The minimum Gasteiger partial charge on any atom is -0.218 e. The van der Waals surface area contributed by atoms with Crippen molar-refractivity contribution in [3.8, 4) is 0 Å². The molecule has 0 aliphatic carbocycles. The van der Waals surface area contributed by atoms with Gasteiger partial charge in [-0.25, -0.2) is 8.42 Å². The summed E-state index contributed by atoms with van der Waals surface area (Å²) >= 11 is 6.21. The van der Waals surface area contributed by atoms with E-state index in [0.29, 0.717) is 5.56 Å². The largest absolute Gasteiger partial charge is 0.341 e. The third kappa shape index (κ3) is 3.89. The maximum atomic E-state index is 12.6. The van der Waals surface area contributed by atoms with E-state index in [1.165, 1.54) is 18.2 Å². The van der Waals surface area contributed by atoms with Crippen molar-refractivity contribution in [2.45, 2.75) is 43.2 Å². The third-order valence-corrected chi connectivity index (χ3v) is 5.14. The second-order valence-electron chi connectivity index (χ2n) is 5.45. The molecule has 0 N–H and O–H groups in total. The summed E-state index contributed by atoms with van der Waals surface area (Å²) in [5.41, 5.74) is 0.0845. The Morgan fingerprint density at radius 1 is 1.21 bits per heavy atom. The molecule has 1 atom stereocenters. The average Bonchev–Trinajstić information content (AvgIpc) is 2.28. The Bertz CT molecular complexity index is 536. The monoisotopic (exact) mass is 310 g/mol. The summed E-state index contributed by atoms with van der Waals surface area (Å²) in [4.78, 5) is -0.333. The molecular formula is C13H17ClF2O2S. The molecule has 0 bridgehead atoms. The smallest absolute Gasteiger partial charge is 0.218 e. The van der Waals surface area contributed by atoms with Crippen molar-refractivity contribution in [3.05, 3.63) is 29.8 Å². The normalized spacial score (nSPS) is 14.7. The minimum atomic E-state index is -4.59. The van der Waals surface area contributed by atoms with Crippen molar-refractivity contribution in [3.63, 3.8) is 0 Å². The van der Waals surface area contributed by atoms with Crippen LogP contribution >= 0.6 is 11.6 Å². The molecule has 0 aliphatic heterocycles. The summed E-state index contributed by atoms with van der Waals surface area (Å²) in [5.74, 6) is -3.42. The highest BCUT2D eigenvalue weighted by atomic mass is 35.5. The number of hydrogen-bond donors (Lipinski definition) is 0. The predicted octanol–water partition coefficient (Wildman–Crippen LogP) is 3.88. The molecule has 19 heavy (non-hydrogen) atoms. The summed E-state index contributed by atoms with van der Waals surface area (Å²) in [6.45, 7) is 5.73. The van der Waals surface area contributed by atoms with Gasteiger partial charge in [-0.1, -0.05) is 39.0 Å². The summed E-state index contributed by atoms with van der Waals surface area (Å²) < 4.78 is 48.4. The third-order valence-electron chi connectivity index (χ3n) is 2.85. The van der Waals surface area contributed by atoms with Gasteiger partial charge >= 0.3 is 5.76 Å². The van der Waals surface area contributed by atoms with Crippen LogP contribution in [-0.2, 0) is 16.3 Å². The van der Waals surface area contributed by atoms with Crippen LogP contribution in [0.25, 0.3) is 0 Å². The molecule has 108 valence electrons. The summed E-state index contributed by atoms with van der Waals surface area (Å²) in [7, 11) is -4.59. The zero-order chi connectivity index (χ0) is 14.8. The van der Waals surface area contributed by atoms with Gasteiger partial charge in [0.05, 0.1) is 4.90 Å². The molecular weight excluding hydrogens is 294 g/mol. The fourth-order valence-corrected chi connectivity index (χ4v) is 2.69. The van der Waals surface area contributed by atoms with Crippen LogP contribution in [0.2, 0.25) is 0 Å². The molecule has 1 unspecified atom stereocenters. The molecule has 2 nitrogen and oxygen atoms in total. The van der Waals surface area contributed by atoms with Gasteiger partial charge in [0.15, 0.2) is 0 Å². The van der Waals surface area contributed by atoms with E-state index in [1.54, 1.807) is 6.07 Å². The number of alkyl halides is 3. The first-order chi connectivity index (χ1) is 8.56. The van der Waals surface area contributed by atoms with Crippen molar-refractivity contribution in [1.29, 1.82) is 0 Å². The van der Waals surface area contributed by atoms with Crippen LogP contribution in [-0.4, -0.2) is 19.6 Å². The Hall–Kier alpha value is -0.680. The van der Waals surface area contributed by atoms with Gasteiger partial charge in [0.1, 0.15) is 0 Å². The first kappa shape index (κ1) is 16.4. The summed E-state index contributed by atoms with van der Waals surface area (Å²) in [6.07, 6.45) is 0.229. The predicted molar refractivity (Wildman–Crippen MR) is 72.4 cm³/mol. The highest BCUT2D eigenvalue weighted by Crippen LogP contribution is 2.30. The lowest BCUT2D eigenvalue weighted by molar-refractivity contribution is 0.234. The van der Waals surface area contributed by atoms with Gasteiger partial charge in [-0.3, -0.25) is 0 Å². The van der Waals surface area contributed by atoms with Crippen molar-refractivity contribution in [2.24, 2.45) is 5.41 Å². The first-order valence-electron chi connectivity index (χ1n) is 5.81. The molecule has 0 radical (unpaired) electrons. The zero-order valence-corrected chi connectivity index (χ0v) is 12.6. The lowest BCUT2D eigenvalue weighted by Gasteiger charge is -2.25. The number of sulfone groups is 1. The maximum absolute atomic E-state index is 12.6. The van der Waals surface area contributed by atoms with E-state index in [1.807, 2.05) is 20.8 Å². The molecule has 0 heterocycles. The van der Waals surface area contributed by atoms with Crippen molar-refractivity contribution >= 4 is 21.4 Å². The fourth-order valence-electron chi connectivity index (χ4n) is 1.55. The van der Waals surface area contributed by atoms with Crippen LogP contribution < -0.4 is 0 Å². The van der Waals surface area contributed by atoms with Crippen LogP contribution in [0.3, 0.4) is 0 Å². The van der Waals surface area contributed by atoms with Gasteiger partial charge in [0.25, 0.3) is 0 Å². The molecule has 0 saturated heterocycles. The zero-order valence-electron chi connectivity index (χ0n) is 11.0. The summed E-state index contributed by atoms with van der Waals surface area (Å²) in [5, 5.41) is -0.346. The van der Waals surface area contributed by atoms with E-state index >= 15 is 0 Å². The Balaban J connectivity index is 3.18. The van der Waals surface area contributed by atoms with Crippen LogP contribution in [0.1, 0.15) is 26.3 Å². The Kier molecular flexibility index (Phi) is 4.96. The van der Waals surface area contributed by atoms with Crippen LogP contribution in [0, 0.1) is 5.41 Å². The van der Waals surface area contributed by atoms with E-state index in [9.17, 15) is 17.2 Å². The Morgan fingerprint density at radius 3 is 2.21 bits per heavy atom. The van der Waals surface area contributed by atoms with E-state index in [4.69, 9.17) is 11.6 Å². The van der Waals surface area contributed by atoms with E-state index in [0.717, 1.165) is 0 Å². The van der Waals surface area contributed by atoms with E-state index in [2.05, 4.69) is 0 Å². The first-order valence-corrected chi connectivity index (χ1v) is 7.79. The van der Waals surface area contributed by atoms with Crippen LogP contribution in [0.5, 0.6) is 0 Å². The fraction of sp³-hybridized carbons (Fsp3) is 0.538. The van der Waals surface area contributed by atoms with Gasteiger partial charge in [-0.05, 0) is 23.5 Å². The molecule has 0 aromatic heterocycles. The molecule has 0 fully saturated rings. The van der Waals surface area contributed by atoms with E-state index < -0.39 is 15.6 Å². The van der Waals surface area contributed by atoms with Crippen molar-refractivity contribution in [1.82, 2.24) is 0 Å². The lowest BCUT2D eigenvalue weighted by atomic mass is 9.88. The van der Waals surface area contributed by atoms with Crippen molar-refractivity contribution in [2.75, 3.05) is 0 Å². The molecule has 0 aliphatic rings. The van der Waals surface area contributed by atoms with Crippen LogP contribution in [0.4, 0.5) is 8.78 Å². The SMILES string of the molecule is CC(C)(C)C(Cl)Cc1ccccc1S(=O)(=O)C(F)F. The molecule has 0 spiro atoms. The summed E-state index contributed by atoms with van der Waals surface area (Å²) in [6, 6.07) is 5.77. The lowest BCUT2D eigenvalue weighted by Crippen LogP contribution is -2.24. The van der Waals surface area contributed by atoms with Gasteiger partial charge in [-0.2, -0.15) is 8.78 Å². The quantitative estimate of drug-likeness (QED) is 0.791. The minimum absolute atomic E-state index is 0.229. The number of halogens is 3. The molecule has 1 aromatic rings. The molecule has 0 saturated carbocycles. The number of rotatable bonds is 4. The van der Waals surface area contributed by atoms with Gasteiger partial charge in [-0.15, -0.1) is 11.6 Å². The molecule has 1 rings (SSSR count). The maximum Gasteiger partial charge on any atom is 0.341 e. The van der Waals surface area contributed by atoms with Gasteiger partial charge in [0, 0.05) is 5.38 Å². The Labute approximate surface area is 117 Å². The highest BCUT2D eigenvalue weighted by molar-refractivity contribution is 7.91. The Morgan fingerprint density at radius 2 is 1.74 bits per heavy atom. The van der Waals surface area contributed by atoms with Crippen molar-refractivity contribution < 1.29 is 17.2 Å². The van der Waals surface area contributed by atoms with Crippen LogP contribution in [0.15, 0.2) is 29.2 Å². The number of benzene rings is 1. The standard InChI is InChI=1S/C13H17ClF2O2S/c1-13(2,3)11(14)8-9-6-4-5-7-10(9)19(17,18)12(15)16/h4-7,11-12H,8H2,1-3H3. The van der Waals surface area contributed by atoms with Gasteiger partial charge in [0.2, 0.25) is 9.84 Å². The highest BCUT2D eigenvalue weighted by Gasteiger charge is 2.31. The number of hydrogen-bond acceptors (Lipinski definition) is 2. The van der Waals surface area contributed by atoms with Gasteiger partial charge < -0.3 is 0 Å². The molecule has 1 aromatic carbocycles. The second kappa shape index (κ2) is 5.75. The molecule has 0 amide bonds. The second-order valence-corrected chi connectivity index (χ2v) is 7.86. The molecule has 6 heteroatoms. The average molecular weight is 311 g/mol.